The highest BCUT2D eigenvalue weighted by Gasteiger charge is 2.58. The number of rotatable bonds is 6. The van der Waals surface area contributed by atoms with Gasteiger partial charge in [-0.05, 0) is 25.7 Å². The fourth-order valence-corrected chi connectivity index (χ4v) is 3.86. The number of hydrogen-bond acceptors (Lipinski definition) is 5. The number of hydrogen-bond donors (Lipinski definition) is 2. The molecule has 2 rings (SSSR count). The Morgan fingerprint density at radius 1 is 1.26 bits per heavy atom. The lowest BCUT2D eigenvalue weighted by atomic mass is 9.68. The zero-order valence-electron chi connectivity index (χ0n) is 10.6. The third-order valence-electron chi connectivity index (χ3n) is 4.06. The van der Waals surface area contributed by atoms with E-state index in [1.807, 2.05) is 4.72 Å². The lowest BCUT2D eigenvalue weighted by Crippen LogP contribution is -2.54. The molecule has 0 unspecified atom stereocenters. The van der Waals surface area contributed by atoms with Crippen molar-refractivity contribution in [1.82, 2.24) is 4.72 Å². The zero-order valence-corrected chi connectivity index (χ0v) is 11.5. The van der Waals surface area contributed by atoms with E-state index in [4.69, 9.17) is 9.84 Å². The van der Waals surface area contributed by atoms with E-state index < -0.39 is 32.1 Å². The van der Waals surface area contributed by atoms with Crippen LogP contribution >= 0.6 is 0 Å². The number of nitrogens with one attached hydrogen (secondary N) is 1. The lowest BCUT2D eigenvalue weighted by Gasteiger charge is -2.36. The van der Waals surface area contributed by atoms with Crippen molar-refractivity contribution in [2.24, 2.45) is 5.41 Å². The minimum atomic E-state index is -3.89. The van der Waals surface area contributed by atoms with Crippen molar-refractivity contribution >= 4 is 21.9 Å². The van der Waals surface area contributed by atoms with Gasteiger partial charge in [0.15, 0.2) is 0 Å². The molecule has 0 aromatic rings. The van der Waals surface area contributed by atoms with E-state index in [0.29, 0.717) is 19.3 Å². The topological polar surface area (TPSA) is 110 Å². The summed E-state index contributed by atoms with van der Waals surface area (Å²) in [5.41, 5.74) is -1.57. The molecule has 2 aliphatic carbocycles. The van der Waals surface area contributed by atoms with E-state index in [1.54, 1.807) is 0 Å². The SMILES string of the molecule is COCC1(S(=O)(=O)NC(=O)C2(C(=O)O)CCC2)CC1. The van der Waals surface area contributed by atoms with Crippen LogP contribution in [0.4, 0.5) is 0 Å². The summed E-state index contributed by atoms with van der Waals surface area (Å²) >= 11 is 0. The Morgan fingerprint density at radius 3 is 2.16 bits per heavy atom. The Hall–Kier alpha value is -1.15. The molecule has 2 N–H and O–H groups in total. The molecule has 2 aliphatic rings. The first-order valence-electron chi connectivity index (χ1n) is 6.09. The van der Waals surface area contributed by atoms with Crippen molar-refractivity contribution in [2.75, 3.05) is 13.7 Å². The first kappa shape index (κ1) is 14.3. The molecule has 2 fully saturated rings. The van der Waals surface area contributed by atoms with Crippen molar-refractivity contribution < 1.29 is 27.9 Å². The molecular formula is C11H17NO6S. The first-order chi connectivity index (χ1) is 8.80. The van der Waals surface area contributed by atoms with Gasteiger partial charge in [0.05, 0.1) is 6.61 Å². The number of carboxylic acid groups (broad SMARTS) is 1. The molecule has 19 heavy (non-hydrogen) atoms. The number of carboxylic acids is 1. The van der Waals surface area contributed by atoms with E-state index in [1.165, 1.54) is 7.11 Å². The number of aliphatic carboxylic acids is 1. The molecular weight excluding hydrogens is 274 g/mol. The molecule has 0 heterocycles. The molecule has 0 saturated heterocycles. The molecule has 0 aliphatic heterocycles. The highest BCUT2D eigenvalue weighted by atomic mass is 32.2. The van der Waals surface area contributed by atoms with Crippen LogP contribution in [0.3, 0.4) is 0 Å². The molecule has 108 valence electrons. The number of amides is 1. The second-order valence-electron chi connectivity index (χ2n) is 5.29. The third-order valence-corrected chi connectivity index (χ3v) is 6.18. The summed E-state index contributed by atoms with van der Waals surface area (Å²) in [5, 5.41) is 9.09. The van der Waals surface area contributed by atoms with Gasteiger partial charge in [0.1, 0.15) is 10.2 Å². The number of methoxy groups -OCH3 is 1. The third kappa shape index (κ3) is 2.12. The van der Waals surface area contributed by atoms with Gasteiger partial charge in [-0.3, -0.25) is 14.3 Å². The van der Waals surface area contributed by atoms with Crippen LogP contribution in [0.15, 0.2) is 0 Å². The Morgan fingerprint density at radius 2 is 1.84 bits per heavy atom. The van der Waals surface area contributed by atoms with Crippen LogP contribution in [0.1, 0.15) is 32.1 Å². The van der Waals surface area contributed by atoms with Crippen LogP contribution in [0.5, 0.6) is 0 Å². The quantitative estimate of drug-likeness (QED) is 0.659. The summed E-state index contributed by atoms with van der Waals surface area (Å²) in [6.45, 7) is 0.00961. The molecule has 0 spiro atoms. The van der Waals surface area contributed by atoms with Crippen molar-refractivity contribution in [1.29, 1.82) is 0 Å². The normalized spacial score (nSPS) is 23.2. The van der Waals surface area contributed by atoms with E-state index in [0.717, 1.165) is 0 Å². The van der Waals surface area contributed by atoms with Gasteiger partial charge in [0.2, 0.25) is 10.0 Å². The molecule has 0 radical (unpaired) electrons. The Labute approximate surface area is 111 Å². The minimum absolute atomic E-state index is 0.00961. The lowest BCUT2D eigenvalue weighted by molar-refractivity contribution is -0.161. The van der Waals surface area contributed by atoms with E-state index in [2.05, 4.69) is 0 Å². The minimum Gasteiger partial charge on any atom is -0.480 e. The number of carbonyl (C=O) groups is 2. The average Bonchev–Trinajstić information content (AvgIpc) is 2.96. The second-order valence-corrected chi connectivity index (χ2v) is 7.37. The van der Waals surface area contributed by atoms with Crippen molar-refractivity contribution in [3.05, 3.63) is 0 Å². The van der Waals surface area contributed by atoms with Gasteiger partial charge in [-0.25, -0.2) is 8.42 Å². The summed E-state index contributed by atoms with van der Waals surface area (Å²) in [6, 6.07) is 0. The van der Waals surface area contributed by atoms with Gasteiger partial charge in [-0.2, -0.15) is 0 Å². The van der Waals surface area contributed by atoms with Gasteiger partial charge < -0.3 is 9.84 Å². The van der Waals surface area contributed by atoms with Gasteiger partial charge >= 0.3 is 5.97 Å². The molecule has 0 aromatic heterocycles. The molecule has 1 amide bonds. The Kier molecular flexibility index (Phi) is 3.34. The Bertz CT molecular complexity index is 503. The number of carbonyl (C=O) groups excluding carboxylic acids is 1. The van der Waals surface area contributed by atoms with Gasteiger partial charge in [0.25, 0.3) is 5.91 Å². The summed E-state index contributed by atoms with van der Waals surface area (Å²) in [6.07, 6.45) is 1.82. The summed E-state index contributed by atoms with van der Waals surface area (Å²) in [5.74, 6) is -2.18. The van der Waals surface area contributed by atoms with Crippen LogP contribution in [0.2, 0.25) is 0 Å². The first-order valence-corrected chi connectivity index (χ1v) is 7.57. The Balaban J connectivity index is 2.13. The largest absolute Gasteiger partial charge is 0.480 e. The van der Waals surface area contributed by atoms with Gasteiger partial charge in [0, 0.05) is 7.11 Å². The van der Waals surface area contributed by atoms with Gasteiger partial charge in [-0.15, -0.1) is 0 Å². The number of ether oxygens (including phenoxy) is 1. The van der Waals surface area contributed by atoms with E-state index >= 15 is 0 Å². The summed E-state index contributed by atoms with van der Waals surface area (Å²) < 4.78 is 30.0. The standard InChI is InChI=1S/C11H17NO6S/c1-18-7-10(5-6-10)19(16,17)12-8(13)11(9(14)15)3-2-4-11/h2-7H2,1H3,(H,12,13)(H,14,15). The average molecular weight is 291 g/mol. The van der Waals surface area contributed by atoms with Gasteiger partial charge in [-0.1, -0.05) is 6.42 Å². The maximum absolute atomic E-state index is 12.1. The zero-order chi connectivity index (χ0) is 14.3. The van der Waals surface area contributed by atoms with Crippen LogP contribution in [-0.2, 0) is 24.3 Å². The summed E-state index contributed by atoms with van der Waals surface area (Å²) in [7, 11) is -2.50. The van der Waals surface area contributed by atoms with Crippen LogP contribution < -0.4 is 4.72 Å². The molecule has 2 saturated carbocycles. The smallest absolute Gasteiger partial charge is 0.319 e. The molecule has 8 heteroatoms. The molecule has 7 nitrogen and oxygen atoms in total. The van der Waals surface area contributed by atoms with Crippen molar-refractivity contribution in [2.45, 2.75) is 36.9 Å². The van der Waals surface area contributed by atoms with Crippen LogP contribution in [0.25, 0.3) is 0 Å². The summed E-state index contributed by atoms with van der Waals surface area (Å²) in [4.78, 5) is 23.1. The highest BCUT2D eigenvalue weighted by molar-refractivity contribution is 7.91. The second kappa shape index (κ2) is 4.45. The van der Waals surface area contributed by atoms with Crippen molar-refractivity contribution in [3.63, 3.8) is 0 Å². The van der Waals surface area contributed by atoms with Crippen molar-refractivity contribution in [3.8, 4) is 0 Å². The van der Waals surface area contributed by atoms with Crippen LogP contribution in [-0.4, -0.2) is 43.9 Å². The van der Waals surface area contributed by atoms with E-state index in [-0.39, 0.29) is 19.4 Å². The predicted molar refractivity (Wildman–Crippen MR) is 64.8 cm³/mol. The van der Waals surface area contributed by atoms with Crippen LogP contribution in [0, 0.1) is 5.41 Å². The number of sulfonamides is 1. The molecule has 0 aromatic carbocycles. The fourth-order valence-electron chi connectivity index (χ4n) is 2.29. The fraction of sp³-hybridized carbons (Fsp3) is 0.818. The maximum atomic E-state index is 12.1. The molecule has 0 atom stereocenters. The predicted octanol–water partition coefficient (Wildman–Crippen LogP) is -0.134. The monoisotopic (exact) mass is 291 g/mol. The molecule has 0 bridgehead atoms. The maximum Gasteiger partial charge on any atom is 0.319 e. The highest BCUT2D eigenvalue weighted by Crippen LogP contribution is 2.45. The van der Waals surface area contributed by atoms with E-state index in [9.17, 15) is 18.0 Å².